The van der Waals surface area contributed by atoms with E-state index in [1.807, 2.05) is 12.1 Å². The van der Waals surface area contributed by atoms with Gasteiger partial charge in [0.15, 0.2) is 0 Å². The molecule has 1 fully saturated rings. The summed E-state index contributed by atoms with van der Waals surface area (Å²) in [7, 11) is 4.19. The van der Waals surface area contributed by atoms with Crippen LogP contribution in [0.4, 0.5) is 0 Å². The van der Waals surface area contributed by atoms with Gasteiger partial charge in [-0.25, -0.2) is 0 Å². The van der Waals surface area contributed by atoms with Gasteiger partial charge in [-0.3, -0.25) is 4.79 Å². The van der Waals surface area contributed by atoms with E-state index in [4.69, 9.17) is 11.6 Å². The fourth-order valence-corrected chi connectivity index (χ4v) is 3.32. The van der Waals surface area contributed by atoms with Gasteiger partial charge in [0, 0.05) is 21.2 Å². The van der Waals surface area contributed by atoms with Crippen molar-refractivity contribution >= 4 is 40.1 Å². The van der Waals surface area contributed by atoms with Crippen LogP contribution < -0.4 is 5.32 Å². The van der Waals surface area contributed by atoms with Gasteiger partial charge in [0.05, 0.1) is 5.02 Å². The zero-order valence-electron chi connectivity index (χ0n) is 11.9. The Kier molecular flexibility index (Phi) is 5.31. The number of hydrogen-bond donors (Lipinski definition) is 1. The van der Waals surface area contributed by atoms with E-state index in [1.54, 1.807) is 6.07 Å². The van der Waals surface area contributed by atoms with E-state index in [0.29, 0.717) is 17.1 Å². The lowest BCUT2D eigenvalue weighted by atomic mass is 9.96. The molecule has 20 heavy (non-hydrogen) atoms. The van der Waals surface area contributed by atoms with E-state index in [2.05, 4.69) is 46.9 Å². The first-order valence-corrected chi connectivity index (χ1v) is 8.31. The summed E-state index contributed by atoms with van der Waals surface area (Å²) in [6, 6.07) is 5.42. The average Bonchev–Trinajstić information content (AvgIpc) is 2.89. The molecule has 1 saturated carbocycles. The number of carbonyl (C=O) groups excluding carboxylic acids is 1. The monoisotopic (exact) mass is 406 g/mol. The zero-order chi connectivity index (χ0) is 14.8. The van der Waals surface area contributed by atoms with E-state index in [-0.39, 0.29) is 11.4 Å². The van der Waals surface area contributed by atoms with Crippen molar-refractivity contribution in [1.82, 2.24) is 10.2 Å². The number of carbonyl (C=O) groups is 1. The minimum atomic E-state index is -0.0450. The molecular weight excluding hydrogens is 387 g/mol. The highest BCUT2D eigenvalue weighted by molar-refractivity contribution is 14.1. The topological polar surface area (TPSA) is 32.3 Å². The lowest BCUT2D eigenvalue weighted by Crippen LogP contribution is -2.50. The van der Waals surface area contributed by atoms with Crippen LogP contribution in [0.15, 0.2) is 18.2 Å². The minimum Gasteiger partial charge on any atom is -0.350 e. The van der Waals surface area contributed by atoms with Crippen molar-refractivity contribution in [3.05, 3.63) is 32.4 Å². The van der Waals surface area contributed by atoms with E-state index in [1.165, 1.54) is 12.8 Å². The first kappa shape index (κ1) is 16.0. The molecular formula is C15H20ClIN2O. The van der Waals surface area contributed by atoms with Crippen LogP contribution in [0.3, 0.4) is 0 Å². The summed E-state index contributed by atoms with van der Waals surface area (Å²) < 4.78 is 0.960. The van der Waals surface area contributed by atoms with Crippen molar-refractivity contribution < 1.29 is 4.79 Å². The molecule has 1 aliphatic rings. The van der Waals surface area contributed by atoms with E-state index in [9.17, 15) is 4.79 Å². The summed E-state index contributed by atoms with van der Waals surface area (Å²) in [5, 5.41) is 3.69. The van der Waals surface area contributed by atoms with Gasteiger partial charge >= 0.3 is 0 Å². The lowest BCUT2D eigenvalue weighted by molar-refractivity contribution is 0.0900. The standard InChI is InChI=1S/C15H20ClIN2O/c1-19(2)15(7-3-4-8-15)10-18-14(20)11-5-6-13(17)12(16)9-11/h5-6,9H,3-4,7-8,10H2,1-2H3,(H,18,20). The number of nitrogens with zero attached hydrogens (tertiary/aromatic N) is 1. The second-order valence-electron chi connectivity index (χ2n) is 5.64. The summed E-state index contributed by atoms with van der Waals surface area (Å²) in [6.07, 6.45) is 4.77. The van der Waals surface area contributed by atoms with Crippen LogP contribution in [0.2, 0.25) is 5.02 Å². The summed E-state index contributed by atoms with van der Waals surface area (Å²) >= 11 is 8.22. The van der Waals surface area contributed by atoms with Gasteiger partial charge < -0.3 is 10.2 Å². The molecule has 1 aromatic rings. The van der Waals surface area contributed by atoms with Crippen molar-refractivity contribution in [2.45, 2.75) is 31.2 Å². The van der Waals surface area contributed by atoms with E-state index in [0.717, 1.165) is 16.4 Å². The Bertz CT molecular complexity index is 499. The van der Waals surface area contributed by atoms with Crippen molar-refractivity contribution in [1.29, 1.82) is 0 Å². The van der Waals surface area contributed by atoms with Gasteiger partial charge in [-0.05, 0) is 67.7 Å². The van der Waals surface area contributed by atoms with E-state index >= 15 is 0 Å². The lowest BCUT2D eigenvalue weighted by Gasteiger charge is -2.36. The number of rotatable bonds is 4. The average molecular weight is 407 g/mol. The molecule has 0 heterocycles. The molecule has 2 rings (SSSR count). The maximum Gasteiger partial charge on any atom is 0.251 e. The third kappa shape index (κ3) is 3.46. The molecule has 0 radical (unpaired) electrons. The Balaban J connectivity index is 2.02. The highest BCUT2D eigenvalue weighted by Crippen LogP contribution is 2.33. The SMILES string of the molecule is CN(C)C1(CNC(=O)c2ccc(I)c(Cl)c2)CCCC1. The Morgan fingerprint density at radius 1 is 1.40 bits per heavy atom. The van der Waals surface area contributed by atoms with Crippen LogP contribution >= 0.6 is 34.2 Å². The second-order valence-corrected chi connectivity index (χ2v) is 7.21. The fraction of sp³-hybridized carbons (Fsp3) is 0.533. The fourth-order valence-electron chi connectivity index (χ4n) is 2.80. The van der Waals surface area contributed by atoms with Crippen LogP contribution in [0, 0.1) is 3.57 Å². The quantitative estimate of drug-likeness (QED) is 0.776. The highest BCUT2D eigenvalue weighted by Gasteiger charge is 2.36. The van der Waals surface area contributed by atoms with Crippen LogP contribution in [0.1, 0.15) is 36.0 Å². The number of benzene rings is 1. The summed E-state index contributed by atoms with van der Waals surface area (Å²) in [4.78, 5) is 14.5. The predicted octanol–water partition coefficient (Wildman–Crippen LogP) is 3.55. The van der Waals surface area contributed by atoms with Gasteiger partial charge in [-0.2, -0.15) is 0 Å². The van der Waals surface area contributed by atoms with Crippen LogP contribution in [0.5, 0.6) is 0 Å². The van der Waals surface area contributed by atoms with Crippen LogP contribution in [-0.2, 0) is 0 Å². The van der Waals surface area contributed by atoms with Crippen LogP contribution in [0.25, 0.3) is 0 Å². The molecule has 110 valence electrons. The maximum atomic E-state index is 12.2. The molecule has 0 bridgehead atoms. The van der Waals surface area contributed by atoms with Crippen LogP contribution in [-0.4, -0.2) is 37.0 Å². The number of amides is 1. The van der Waals surface area contributed by atoms with Crippen molar-refractivity contribution in [2.24, 2.45) is 0 Å². The smallest absolute Gasteiger partial charge is 0.251 e. The number of likely N-dealkylation sites (N-methyl/N-ethyl adjacent to an activating group) is 1. The first-order chi connectivity index (χ1) is 9.44. The Morgan fingerprint density at radius 3 is 2.60 bits per heavy atom. The summed E-state index contributed by atoms with van der Waals surface area (Å²) in [5.74, 6) is -0.0450. The minimum absolute atomic E-state index is 0.0450. The van der Waals surface area contributed by atoms with Crippen molar-refractivity contribution in [3.63, 3.8) is 0 Å². The maximum absolute atomic E-state index is 12.2. The van der Waals surface area contributed by atoms with Crippen molar-refractivity contribution in [2.75, 3.05) is 20.6 Å². The largest absolute Gasteiger partial charge is 0.350 e. The Hall–Kier alpha value is -0.330. The molecule has 1 N–H and O–H groups in total. The second kappa shape index (κ2) is 6.62. The Labute approximate surface area is 139 Å². The third-order valence-corrected chi connectivity index (χ3v) is 5.81. The molecule has 0 saturated heterocycles. The molecule has 1 aromatic carbocycles. The zero-order valence-corrected chi connectivity index (χ0v) is 14.8. The molecule has 5 heteroatoms. The Morgan fingerprint density at radius 2 is 2.05 bits per heavy atom. The predicted molar refractivity (Wildman–Crippen MR) is 91.4 cm³/mol. The number of hydrogen-bond acceptors (Lipinski definition) is 2. The summed E-state index contributed by atoms with van der Waals surface area (Å²) in [5.41, 5.74) is 0.741. The van der Waals surface area contributed by atoms with Gasteiger partial charge in [0.1, 0.15) is 0 Å². The van der Waals surface area contributed by atoms with Crippen molar-refractivity contribution in [3.8, 4) is 0 Å². The molecule has 0 spiro atoms. The summed E-state index contributed by atoms with van der Waals surface area (Å²) in [6.45, 7) is 0.697. The molecule has 0 atom stereocenters. The molecule has 0 aromatic heterocycles. The molecule has 1 amide bonds. The highest BCUT2D eigenvalue weighted by atomic mass is 127. The first-order valence-electron chi connectivity index (χ1n) is 6.85. The number of halogens is 2. The van der Waals surface area contributed by atoms with Gasteiger partial charge in [-0.1, -0.05) is 24.4 Å². The molecule has 0 aliphatic heterocycles. The molecule has 0 unspecified atom stereocenters. The third-order valence-electron chi connectivity index (χ3n) is 4.24. The number of nitrogens with one attached hydrogen (secondary N) is 1. The van der Waals surface area contributed by atoms with E-state index < -0.39 is 0 Å². The van der Waals surface area contributed by atoms with Gasteiger partial charge in [0.25, 0.3) is 5.91 Å². The molecule has 3 nitrogen and oxygen atoms in total. The molecule has 1 aliphatic carbocycles. The van der Waals surface area contributed by atoms with Gasteiger partial charge in [0.2, 0.25) is 0 Å². The normalized spacial score (nSPS) is 17.4. The van der Waals surface area contributed by atoms with Gasteiger partial charge in [-0.15, -0.1) is 0 Å².